The Hall–Kier alpha value is -3.33. The normalized spacial score (nSPS) is 18.6. The molecule has 0 radical (unpaired) electrons. The van der Waals surface area contributed by atoms with Gasteiger partial charge >= 0.3 is 0 Å². The number of hydrogen-bond acceptors (Lipinski definition) is 6. The second-order valence-electron chi connectivity index (χ2n) is 10.3. The predicted octanol–water partition coefficient (Wildman–Crippen LogP) is 6.11. The number of halogens is 3. The molecule has 3 heterocycles. The third kappa shape index (κ3) is 5.09. The molecule has 2 aromatic carbocycles. The van der Waals surface area contributed by atoms with Crippen molar-refractivity contribution in [2.24, 2.45) is 0 Å². The molecule has 0 spiro atoms. The minimum atomic E-state index is -0.686. The van der Waals surface area contributed by atoms with Gasteiger partial charge < -0.3 is 19.9 Å². The van der Waals surface area contributed by atoms with Crippen LogP contribution in [-0.2, 0) is 0 Å². The first-order valence-corrected chi connectivity index (χ1v) is 12.7. The van der Waals surface area contributed by atoms with Crippen LogP contribution in [0.3, 0.4) is 0 Å². The molecule has 0 bridgehead atoms. The zero-order valence-corrected chi connectivity index (χ0v) is 21.6. The molecule has 0 amide bonds. The van der Waals surface area contributed by atoms with E-state index in [0.717, 1.165) is 32.1 Å². The molecule has 0 aliphatic carbocycles. The van der Waals surface area contributed by atoms with E-state index in [0.29, 0.717) is 23.5 Å². The van der Waals surface area contributed by atoms with Gasteiger partial charge in [-0.25, -0.2) is 23.1 Å². The minimum Gasteiger partial charge on any atom is -0.486 e. The Morgan fingerprint density at radius 1 is 1.03 bits per heavy atom. The molecular weight excluding hydrogens is 479 g/mol. The van der Waals surface area contributed by atoms with E-state index >= 15 is 4.39 Å². The topological polar surface area (TPSA) is 53.5 Å². The van der Waals surface area contributed by atoms with Crippen LogP contribution in [0.1, 0.15) is 45.1 Å². The highest BCUT2D eigenvalue weighted by molar-refractivity contribution is 5.73. The Morgan fingerprint density at radius 2 is 1.78 bits per heavy atom. The highest BCUT2D eigenvalue weighted by atomic mass is 19.1. The van der Waals surface area contributed by atoms with Gasteiger partial charge in [-0.15, -0.1) is 0 Å². The summed E-state index contributed by atoms with van der Waals surface area (Å²) in [6, 6.07) is 8.02. The van der Waals surface area contributed by atoms with Gasteiger partial charge in [0.25, 0.3) is 0 Å². The van der Waals surface area contributed by atoms with Crippen LogP contribution in [0.2, 0.25) is 0 Å². The lowest BCUT2D eigenvalue weighted by Gasteiger charge is -2.40. The molecule has 37 heavy (non-hydrogen) atoms. The molecule has 5 rings (SSSR count). The molecule has 1 saturated heterocycles. The van der Waals surface area contributed by atoms with E-state index < -0.39 is 11.6 Å². The summed E-state index contributed by atoms with van der Waals surface area (Å²) in [4.78, 5) is 12.6. The van der Waals surface area contributed by atoms with Crippen molar-refractivity contribution in [2.45, 2.75) is 51.6 Å². The highest BCUT2D eigenvalue weighted by Gasteiger charge is 2.30. The van der Waals surface area contributed by atoms with Crippen molar-refractivity contribution in [1.82, 2.24) is 14.9 Å². The maximum absolute atomic E-state index is 15.0. The summed E-state index contributed by atoms with van der Waals surface area (Å²) in [5.74, 6) is -1.12. The van der Waals surface area contributed by atoms with Gasteiger partial charge in [0.1, 0.15) is 18.1 Å². The van der Waals surface area contributed by atoms with Crippen molar-refractivity contribution in [1.29, 1.82) is 0 Å². The summed E-state index contributed by atoms with van der Waals surface area (Å²) < 4.78 is 50.5. The van der Waals surface area contributed by atoms with E-state index in [1.54, 1.807) is 18.2 Å². The zero-order valence-electron chi connectivity index (χ0n) is 21.6. The largest absolute Gasteiger partial charge is 0.486 e. The fourth-order valence-electron chi connectivity index (χ4n) is 5.37. The summed E-state index contributed by atoms with van der Waals surface area (Å²) in [5, 5.41) is 2.96. The van der Waals surface area contributed by atoms with Crippen LogP contribution in [0.4, 0.5) is 30.5 Å². The molecular formula is C28H32F3N5O. The number of nitrogens with one attached hydrogen (secondary N) is 1. The van der Waals surface area contributed by atoms with Crippen LogP contribution >= 0.6 is 0 Å². The second kappa shape index (κ2) is 10.2. The number of aromatic nitrogens is 2. The molecule has 1 atom stereocenters. The molecule has 0 saturated carbocycles. The van der Waals surface area contributed by atoms with Crippen LogP contribution < -0.4 is 15.0 Å². The van der Waals surface area contributed by atoms with Crippen molar-refractivity contribution in [3.8, 4) is 17.0 Å². The second-order valence-corrected chi connectivity index (χ2v) is 10.3. The van der Waals surface area contributed by atoms with Crippen molar-refractivity contribution in [2.75, 3.05) is 37.0 Å². The average Bonchev–Trinajstić information content (AvgIpc) is 2.85. The summed E-state index contributed by atoms with van der Waals surface area (Å²) in [7, 11) is 2.07. The molecule has 1 aromatic heterocycles. The number of fused-ring (bicyclic) bond motifs is 1. The van der Waals surface area contributed by atoms with Crippen molar-refractivity contribution in [3.63, 3.8) is 0 Å². The number of ether oxygens (including phenoxy) is 1. The van der Waals surface area contributed by atoms with E-state index in [4.69, 9.17) is 4.74 Å². The molecule has 2 aliphatic heterocycles. The third-order valence-electron chi connectivity index (χ3n) is 7.23. The third-order valence-corrected chi connectivity index (χ3v) is 7.23. The zero-order chi connectivity index (χ0) is 26.3. The van der Waals surface area contributed by atoms with Gasteiger partial charge in [0, 0.05) is 17.3 Å². The Balaban J connectivity index is 1.43. The van der Waals surface area contributed by atoms with E-state index in [1.165, 1.54) is 12.1 Å². The van der Waals surface area contributed by atoms with Crippen molar-refractivity contribution in [3.05, 3.63) is 59.5 Å². The first kappa shape index (κ1) is 25.3. The summed E-state index contributed by atoms with van der Waals surface area (Å²) >= 11 is 0. The van der Waals surface area contributed by atoms with Gasteiger partial charge in [0.05, 0.1) is 17.9 Å². The monoisotopic (exact) mass is 511 g/mol. The first-order valence-electron chi connectivity index (χ1n) is 12.7. The molecule has 2 aliphatic rings. The molecule has 196 valence electrons. The number of hydrogen-bond donors (Lipinski definition) is 1. The fourth-order valence-corrected chi connectivity index (χ4v) is 5.37. The summed E-state index contributed by atoms with van der Waals surface area (Å²) in [6.45, 7) is 8.28. The molecule has 3 aromatic rings. The van der Waals surface area contributed by atoms with Crippen LogP contribution in [0.5, 0.6) is 5.75 Å². The predicted molar refractivity (Wildman–Crippen MR) is 139 cm³/mol. The van der Waals surface area contributed by atoms with E-state index in [9.17, 15) is 8.78 Å². The number of nitrogens with zero attached hydrogens (tertiary/aromatic N) is 4. The molecule has 1 N–H and O–H groups in total. The summed E-state index contributed by atoms with van der Waals surface area (Å²) in [5.41, 5.74) is 1.94. The molecule has 9 heteroatoms. The Kier molecular flexibility index (Phi) is 6.98. The SMILES string of the molecule is CC(C)N1c2cc(-c3nc(Nc4ccc(C5CCN(C)CC5)c(F)c4)ncc3F)cc(F)c2OCC1C. The number of likely N-dealkylation sites (tertiary alicyclic amines) is 1. The van der Waals surface area contributed by atoms with Gasteiger partial charge in [-0.3, -0.25) is 0 Å². The first-order chi connectivity index (χ1) is 17.7. The van der Waals surface area contributed by atoms with Crippen LogP contribution in [0, 0.1) is 17.5 Å². The molecule has 6 nitrogen and oxygen atoms in total. The van der Waals surface area contributed by atoms with Gasteiger partial charge in [-0.2, -0.15) is 0 Å². The minimum absolute atomic E-state index is 0.0296. The average molecular weight is 512 g/mol. The van der Waals surface area contributed by atoms with Crippen molar-refractivity contribution >= 4 is 17.3 Å². The number of piperidine rings is 1. The highest BCUT2D eigenvalue weighted by Crippen LogP contribution is 2.41. The van der Waals surface area contributed by atoms with E-state index in [1.807, 2.05) is 20.8 Å². The molecule has 1 unspecified atom stereocenters. The fraction of sp³-hybridized carbons (Fsp3) is 0.429. The lowest BCUT2D eigenvalue weighted by atomic mass is 9.89. The van der Waals surface area contributed by atoms with Gasteiger partial charge in [0.2, 0.25) is 5.95 Å². The lowest BCUT2D eigenvalue weighted by Crippen LogP contribution is -2.45. The standard InChI is InChI=1S/C28H32F3N5O/c1-16(2)36-17(3)15-37-27-23(30)11-19(12-25(27)36)26-24(31)14-32-28(34-26)33-20-5-6-21(22(29)13-20)18-7-9-35(4)10-8-18/h5-6,11-14,16-18H,7-10,15H2,1-4H3,(H,32,33,34). The summed E-state index contributed by atoms with van der Waals surface area (Å²) in [6.07, 6.45) is 2.87. The molecule has 1 fully saturated rings. The maximum Gasteiger partial charge on any atom is 0.227 e. The Bertz CT molecular complexity index is 1290. The Morgan fingerprint density at radius 3 is 2.49 bits per heavy atom. The lowest BCUT2D eigenvalue weighted by molar-refractivity contribution is 0.252. The van der Waals surface area contributed by atoms with Crippen LogP contribution in [-0.4, -0.2) is 53.7 Å². The van der Waals surface area contributed by atoms with E-state index in [2.05, 4.69) is 32.1 Å². The maximum atomic E-state index is 15.0. The van der Waals surface area contributed by atoms with Gasteiger partial charge in [0.15, 0.2) is 17.4 Å². The number of rotatable bonds is 5. The smallest absolute Gasteiger partial charge is 0.227 e. The van der Waals surface area contributed by atoms with Gasteiger partial charge in [-0.1, -0.05) is 6.07 Å². The number of benzene rings is 2. The van der Waals surface area contributed by atoms with E-state index in [-0.39, 0.29) is 46.8 Å². The quantitative estimate of drug-likeness (QED) is 0.446. The number of anilines is 3. The Labute approximate surface area is 215 Å². The van der Waals surface area contributed by atoms with Crippen molar-refractivity contribution < 1.29 is 17.9 Å². The van der Waals surface area contributed by atoms with Crippen LogP contribution in [0.15, 0.2) is 36.5 Å². The van der Waals surface area contributed by atoms with Crippen LogP contribution in [0.25, 0.3) is 11.3 Å². The van der Waals surface area contributed by atoms with Gasteiger partial charge in [-0.05, 0) is 89.5 Å².